The van der Waals surface area contributed by atoms with E-state index in [1.165, 1.54) is 11.8 Å². The van der Waals surface area contributed by atoms with Crippen molar-refractivity contribution in [1.82, 2.24) is 9.80 Å². The lowest BCUT2D eigenvalue weighted by Crippen LogP contribution is -2.46. The van der Waals surface area contributed by atoms with Gasteiger partial charge in [-0.15, -0.1) is 0 Å². The maximum Gasteiger partial charge on any atom is 0.246 e. The first kappa shape index (κ1) is 20.6. The molecule has 0 saturated carbocycles. The number of nitrogens with zero attached hydrogens (tertiary/aromatic N) is 2. The number of piperazine rings is 1. The van der Waals surface area contributed by atoms with E-state index in [2.05, 4.69) is 11.9 Å². The normalized spacial score (nSPS) is 15.5. The van der Waals surface area contributed by atoms with Crippen LogP contribution in [0.15, 0.2) is 52.3 Å². The van der Waals surface area contributed by atoms with Crippen molar-refractivity contribution in [1.29, 1.82) is 0 Å². The van der Waals surface area contributed by atoms with E-state index in [0.717, 1.165) is 41.5 Å². The topological polar surface area (TPSA) is 23.6 Å². The van der Waals surface area contributed by atoms with Crippen LogP contribution in [0, 0.1) is 0 Å². The number of benzene rings is 2. The summed E-state index contributed by atoms with van der Waals surface area (Å²) in [6.45, 7) is 3.34. The summed E-state index contributed by atoms with van der Waals surface area (Å²) >= 11 is 20.1. The molecule has 0 radical (unpaired) electrons. The third kappa shape index (κ3) is 5.66. The Hall–Kier alpha value is -1.17. The second-order valence-corrected chi connectivity index (χ2v) is 8.66. The summed E-state index contributed by atoms with van der Waals surface area (Å²) in [5.41, 5.74) is 0.883. The van der Waals surface area contributed by atoms with Crippen LogP contribution in [-0.4, -0.2) is 48.9 Å². The monoisotopic (exact) mass is 440 g/mol. The summed E-state index contributed by atoms with van der Waals surface area (Å²) in [5.74, 6) is 0.0330. The highest BCUT2D eigenvalue weighted by atomic mass is 35.5. The second kappa shape index (κ2) is 9.35. The Bertz CT molecular complexity index is 864. The fourth-order valence-corrected chi connectivity index (χ4v) is 4.33. The molecular formula is C20H19Cl3N2OS. The van der Waals surface area contributed by atoms with Gasteiger partial charge in [-0.3, -0.25) is 4.79 Å². The average molecular weight is 442 g/mol. The van der Waals surface area contributed by atoms with E-state index in [1.807, 2.05) is 29.2 Å². The maximum absolute atomic E-state index is 12.3. The Balaban J connectivity index is 1.66. The third-order valence-corrected chi connectivity index (χ3v) is 6.54. The second-order valence-electron chi connectivity index (χ2n) is 6.33. The van der Waals surface area contributed by atoms with E-state index in [-0.39, 0.29) is 5.91 Å². The minimum atomic E-state index is 0.0330. The number of likely N-dealkylation sites (N-methyl/N-ethyl adjacent to an activating group) is 1. The molecule has 1 aliphatic heterocycles. The minimum Gasteiger partial charge on any atom is -0.337 e. The molecular weight excluding hydrogens is 423 g/mol. The molecule has 0 bridgehead atoms. The predicted octanol–water partition coefficient (Wildman–Crippen LogP) is 5.59. The van der Waals surface area contributed by atoms with Crippen LogP contribution >= 0.6 is 46.6 Å². The lowest BCUT2D eigenvalue weighted by molar-refractivity contribution is -0.127. The van der Waals surface area contributed by atoms with E-state index in [4.69, 9.17) is 34.8 Å². The SMILES string of the molecule is CN1CCN(C(=O)C=Cc2ccc(Sc3ccc(Cl)cc3Cl)c(Cl)c2)CC1. The van der Waals surface area contributed by atoms with Gasteiger partial charge in [-0.05, 0) is 49.0 Å². The molecule has 2 aromatic carbocycles. The van der Waals surface area contributed by atoms with Crippen molar-refractivity contribution in [3.05, 3.63) is 63.1 Å². The van der Waals surface area contributed by atoms with Crippen molar-refractivity contribution >= 4 is 58.5 Å². The van der Waals surface area contributed by atoms with Crippen molar-refractivity contribution in [3.63, 3.8) is 0 Å². The smallest absolute Gasteiger partial charge is 0.246 e. The summed E-state index contributed by atoms with van der Waals surface area (Å²) in [6.07, 6.45) is 3.41. The molecule has 0 aliphatic carbocycles. The number of rotatable bonds is 4. The molecule has 0 N–H and O–H groups in total. The molecule has 1 amide bonds. The molecule has 0 unspecified atom stereocenters. The number of hydrogen-bond acceptors (Lipinski definition) is 3. The Morgan fingerprint density at radius 2 is 1.59 bits per heavy atom. The summed E-state index contributed by atoms with van der Waals surface area (Å²) in [4.78, 5) is 18.2. The third-order valence-electron chi connectivity index (χ3n) is 4.30. The van der Waals surface area contributed by atoms with Crippen LogP contribution in [0.4, 0.5) is 0 Å². The first-order valence-corrected chi connectivity index (χ1v) is 10.5. The molecule has 0 spiro atoms. The van der Waals surface area contributed by atoms with Crippen LogP contribution in [0.3, 0.4) is 0 Å². The van der Waals surface area contributed by atoms with E-state index < -0.39 is 0 Å². The molecule has 1 heterocycles. The quantitative estimate of drug-likeness (QED) is 0.578. The maximum atomic E-state index is 12.3. The molecule has 3 rings (SSSR count). The van der Waals surface area contributed by atoms with Gasteiger partial charge in [0.25, 0.3) is 0 Å². The van der Waals surface area contributed by atoms with Gasteiger partial charge in [0.05, 0.1) is 10.0 Å². The Labute approximate surface area is 178 Å². The van der Waals surface area contributed by atoms with Crippen LogP contribution in [0.2, 0.25) is 15.1 Å². The van der Waals surface area contributed by atoms with E-state index in [9.17, 15) is 4.79 Å². The zero-order valence-electron chi connectivity index (χ0n) is 14.8. The zero-order valence-corrected chi connectivity index (χ0v) is 17.9. The van der Waals surface area contributed by atoms with Gasteiger partial charge in [0, 0.05) is 47.1 Å². The van der Waals surface area contributed by atoms with Gasteiger partial charge in [0.15, 0.2) is 0 Å². The first-order valence-electron chi connectivity index (χ1n) is 8.50. The Morgan fingerprint density at radius 3 is 2.22 bits per heavy atom. The fraction of sp³-hybridized carbons (Fsp3) is 0.250. The number of amides is 1. The van der Waals surface area contributed by atoms with Gasteiger partial charge in [-0.25, -0.2) is 0 Å². The molecule has 27 heavy (non-hydrogen) atoms. The standard InChI is InChI=1S/C20H19Cl3N2OS/c1-24-8-10-25(11-9-24)20(26)7-3-14-2-5-18(16(22)12-14)27-19-6-4-15(21)13-17(19)23/h2-7,12-13H,8-11H2,1H3. The van der Waals surface area contributed by atoms with E-state index in [1.54, 1.807) is 24.3 Å². The van der Waals surface area contributed by atoms with Crippen LogP contribution in [0.25, 0.3) is 6.08 Å². The van der Waals surface area contributed by atoms with Crippen molar-refractivity contribution < 1.29 is 4.79 Å². The molecule has 2 aromatic rings. The van der Waals surface area contributed by atoms with Gasteiger partial charge in [-0.2, -0.15) is 0 Å². The number of carbonyl (C=O) groups excluding carboxylic acids is 1. The summed E-state index contributed by atoms with van der Waals surface area (Å²) in [5, 5.41) is 1.80. The predicted molar refractivity (Wildman–Crippen MR) is 115 cm³/mol. The molecule has 3 nitrogen and oxygen atoms in total. The average Bonchev–Trinajstić information content (AvgIpc) is 2.64. The first-order chi connectivity index (χ1) is 12.9. The Kier molecular flexibility index (Phi) is 7.12. The molecule has 1 saturated heterocycles. The minimum absolute atomic E-state index is 0.0330. The van der Waals surface area contributed by atoms with Gasteiger partial charge in [0.2, 0.25) is 5.91 Å². The lowest BCUT2D eigenvalue weighted by Gasteiger charge is -2.31. The molecule has 0 atom stereocenters. The number of hydrogen-bond donors (Lipinski definition) is 0. The van der Waals surface area contributed by atoms with E-state index in [0.29, 0.717) is 15.1 Å². The zero-order chi connectivity index (χ0) is 19.4. The van der Waals surface area contributed by atoms with Crippen LogP contribution in [-0.2, 0) is 4.79 Å². The lowest BCUT2D eigenvalue weighted by atomic mass is 10.2. The van der Waals surface area contributed by atoms with Gasteiger partial charge in [-0.1, -0.05) is 52.6 Å². The van der Waals surface area contributed by atoms with Crippen molar-refractivity contribution in [2.75, 3.05) is 33.2 Å². The van der Waals surface area contributed by atoms with Crippen molar-refractivity contribution in [3.8, 4) is 0 Å². The van der Waals surface area contributed by atoms with Crippen molar-refractivity contribution in [2.45, 2.75) is 9.79 Å². The summed E-state index contributed by atoms with van der Waals surface area (Å²) < 4.78 is 0. The van der Waals surface area contributed by atoms with Crippen LogP contribution < -0.4 is 0 Å². The molecule has 0 aromatic heterocycles. The van der Waals surface area contributed by atoms with Crippen LogP contribution in [0.5, 0.6) is 0 Å². The summed E-state index contributed by atoms with van der Waals surface area (Å²) in [6, 6.07) is 11.1. The highest BCUT2D eigenvalue weighted by molar-refractivity contribution is 7.99. The van der Waals surface area contributed by atoms with Gasteiger partial charge >= 0.3 is 0 Å². The van der Waals surface area contributed by atoms with Crippen LogP contribution in [0.1, 0.15) is 5.56 Å². The van der Waals surface area contributed by atoms with E-state index >= 15 is 0 Å². The number of carbonyl (C=O) groups is 1. The highest BCUT2D eigenvalue weighted by Crippen LogP contribution is 2.38. The highest BCUT2D eigenvalue weighted by Gasteiger charge is 2.16. The fourth-order valence-electron chi connectivity index (χ4n) is 2.68. The van der Waals surface area contributed by atoms with Gasteiger partial charge < -0.3 is 9.80 Å². The Morgan fingerprint density at radius 1 is 0.963 bits per heavy atom. The molecule has 1 fully saturated rings. The molecule has 142 valence electrons. The molecule has 7 heteroatoms. The van der Waals surface area contributed by atoms with Crippen molar-refractivity contribution in [2.24, 2.45) is 0 Å². The number of halogens is 3. The largest absolute Gasteiger partial charge is 0.337 e. The summed E-state index contributed by atoms with van der Waals surface area (Å²) in [7, 11) is 2.07. The molecule has 1 aliphatic rings. The van der Waals surface area contributed by atoms with Gasteiger partial charge in [0.1, 0.15) is 0 Å².